The van der Waals surface area contributed by atoms with E-state index in [1.165, 1.54) is 6.92 Å². The Kier molecular flexibility index (Phi) is 4.76. The molecule has 0 bridgehead atoms. The van der Waals surface area contributed by atoms with Crippen molar-refractivity contribution < 1.29 is 17.9 Å². The molecule has 3 aromatic carbocycles. The van der Waals surface area contributed by atoms with Gasteiger partial charge in [0.2, 0.25) is 5.91 Å². The minimum atomic E-state index is -3.72. The number of amides is 1. The molecule has 0 saturated heterocycles. The molecule has 1 aliphatic rings. The average molecular weight is 408 g/mol. The van der Waals surface area contributed by atoms with Gasteiger partial charge in [-0.05, 0) is 49.4 Å². The molecule has 1 amide bonds. The van der Waals surface area contributed by atoms with Gasteiger partial charge in [0.15, 0.2) is 5.75 Å². The number of carbonyl (C=O) groups excluding carboxylic acids is 1. The largest absolute Gasteiger partial charge is 0.455 e. The topological polar surface area (TPSA) is 75.7 Å². The molecule has 0 radical (unpaired) electrons. The first-order chi connectivity index (χ1) is 13.8. The third kappa shape index (κ3) is 3.82. The van der Waals surface area contributed by atoms with Crippen LogP contribution in [0, 0.1) is 6.92 Å². The minimum absolute atomic E-state index is 0.125. The number of benzene rings is 3. The van der Waals surface area contributed by atoms with Crippen molar-refractivity contribution in [3.8, 4) is 11.5 Å². The van der Waals surface area contributed by atoms with E-state index in [2.05, 4.69) is 4.72 Å². The van der Waals surface area contributed by atoms with Gasteiger partial charge in [0.05, 0.1) is 17.1 Å². The van der Waals surface area contributed by atoms with E-state index in [0.717, 1.165) is 5.56 Å². The molecule has 1 heterocycles. The zero-order valence-corrected chi connectivity index (χ0v) is 16.9. The number of carbonyl (C=O) groups is 1. The van der Waals surface area contributed by atoms with Gasteiger partial charge < -0.3 is 9.64 Å². The Labute approximate surface area is 169 Å². The summed E-state index contributed by atoms with van der Waals surface area (Å²) in [6, 6.07) is 19.0. The third-order valence-electron chi connectivity index (χ3n) is 4.73. The van der Waals surface area contributed by atoms with Crippen LogP contribution in [-0.2, 0) is 21.4 Å². The van der Waals surface area contributed by atoms with Crippen LogP contribution in [0.2, 0.25) is 0 Å². The summed E-state index contributed by atoms with van der Waals surface area (Å²) in [5.41, 5.74) is 2.77. The number of hydrogen-bond acceptors (Lipinski definition) is 4. The first-order valence-electron chi connectivity index (χ1n) is 9.11. The highest BCUT2D eigenvalue weighted by atomic mass is 32.2. The molecule has 0 unspecified atom stereocenters. The summed E-state index contributed by atoms with van der Waals surface area (Å²) < 4.78 is 34.0. The van der Waals surface area contributed by atoms with Crippen molar-refractivity contribution in [2.45, 2.75) is 25.3 Å². The van der Waals surface area contributed by atoms with Gasteiger partial charge >= 0.3 is 0 Å². The van der Waals surface area contributed by atoms with Crippen molar-refractivity contribution in [2.75, 3.05) is 9.62 Å². The first kappa shape index (κ1) is 19.0. The maximum Gasteiger partial charge on any atom is 0.261 e. The smallest absolute Gasteiger partial charge is 0.261 e. The highest BCUT2D eigenvalue weighted by Gasteiger charge is 2.24. The fourth-order valence-corrected chi connectivity index (χ4v) is 4.27. The Bertz CT molecular complexity index is 1190. The number of nitrogens with one attached hydrogen (secondary N) is 1. The predicted molar refractivity (Wildman–Crippen MR) is 112 cm³/mol. The number of para-hydroxylation sites is 2. The molecule has 0 spiro atoms. The number of hydrogen-bond donors (Lipinski definition) is 1. The van der Waals surface area contributed by atoms with Gasteiger partial charge in [-0.25, -0.2) is 8.42 Å². The summed E-state index contributed by atoms with van der Waals surface area (Å²) in [5, 5.41) is 0. The average Bonchev–Trinajstić information content (AvgIpc) is 2.84. The molecule has 0 aliphatic carbocycles. The molecule has 0 fully saturated rings. The fourth-order valence-electron chi connectivity index (χ4n) is 3.22. The van der Waals surface area contributed by atoms with Crippen molar-refractivity contribution >= 4 is 27.3 Å². The number of nitrogens with zero attached hydrogens (tertiary/aromatic N) is 1. The lowest BCUT2D eigenvalue weighted by atomic mass is 10.1. The zero-order chi connectivity index (χ0) is 20.6. The van der Waals surface area contributed by atoms with Crippen molar-refractivity contribution in [1.82, 2.24) is 0 Å². The summed E-state index contributed by atoms with van der Waals surface area (Å²) in [6.45, 7) is 3.67. The maximum atomic E-state index is 12.7. The number of anilines is 2. The molecule has 4 rings (SSSR count). The second kappa shape index (κ2) is 7.25. The fraction of sp³-hybridized carbons (Fsp3) is 0.136. The van der Waals surface area contributed by atoms with E-state index in [4.69, 9.17) is 4.74 Å². The van der Waals surface area contributed by atoms with Crippen LogP contribution in [0.15, 0.2) is 71.6 Å². The molecule has 29 heavy (non-hydrogen) atoms. The van der Waals surface area contributed by atoms with Crippen molar-refractivity contribution in [3.63, 3.8) is 0 Å². The SMILES string of the molecule is CC(=O)N1Cc2cc(NS(=O)(=O)c3ccc(C)cc3)ccc2Oc2ccccc21. The van der Waals surface area contributed by atoms with E-state index in [0.29, 0.717) is 28.4 Å². The normalized spacial score (nSPS) is 13.0. The number of fused-ring (bicyclic) bond motifs is 2. The first-order valence-corrected chi connectivity index (χ1v) is 10.6. The van der Waals surface area contributed by atoms with E-state index < -0.39 is 10.0 Å². The Morgan fingerprint density at radius 1 is 1.00 bits per heavy atom. The third-order valence-corrected chi connectivity index (χ3v) is 6.13. The lowest BCUT2D eigenvalue weighted by molar-refractivity contribution is -0.116. The number of ether oxygens (including phenoxy) is 1. The molecule has 7 heteroatoms. The predicted octanol–water partition coefficient (Wildman–Crippen LogP) is 4.45. The molecule has 0 aromatic heterocycles. The van der Waals surface area contributed by atoms with Gasteiger partial charge in [-0.2, -0.15) is 0 Å². The molecule has 148 valence electrons. The Morgan fingerprint density at radius 2 is 1.72 bits per heavy atom. The van der Waals surface area contributed by atoms with Crippen LogP contribution in [0.5, 0.6) is 11.5 Å². The van der Waals surface area contributed by atoms with Crippen molar-refractivity contribution in [3.05, 3.63) is 77.9 Å². The molecular formula is C22H20N2O4S. The maximum absolute atomic E-state index is 12.7. The molecule has 1 N–H and O–H groups in total. The highest BCUT2D eigenvalue weighted by Crippen LogP contribution is 2.39. The van der Waals surface area contributed by atoms with Crippen LogP contribution >= 0.6 is 0 Å². The van der Waals surface area contributed by atoms with Gasteiger partial charge in [0.1, 0.15) is 5.75 Å². The van der Waals surface area contributed by atoms with Crippen LogP contribution in [-0.4, -0.2) is 14.3 Å². The zero-order valence-electron chi connectivity index (χ0n) is 16.0. The van der Waals surface area contributed by atoms with Crippen LogP contribution in [0.4, 0.5) is 11.4 Å². The lowest BCUT2D eigenvalue weighted by Crippen LogP contribution is -2.27. The lowest BCUT2D eigenvalue weighted by Gasteiger charge is -2.20. The van der Waals surface area contributed by atoms with Gasteiger partial charge in [0, 0.05) is 18.2 Å². The molecular weight excluding hydrogens is 388 g/mol. The van der Waals surface area contributed by atoms with Crippen LogP contribution in [0.3, 0.4) is 0 Å². The summed E-state index contributed by atoms with van der Waals surface area (Å²) in [6.07, 6.45) is 0. The highest BCUT2D eigenvalue weighted by molar-refractivity contribution is 7.92. The monoisotopic (exact) mass is 408 g/mol. The summed E-state index contributed by atoms with van der Waals surface area (Å²) in [5.74, 6) is 1.04. The van der Waals surface area contributed by atoms with E-state index in [1.54, 1.807) is 53.4 Å². The minimum Gasteiger partial charge on any atom is -0.455 e. The van der Waals surface area contributed by atoms with Crippen LogP contribution in [0.1, 0.15) is 18.1 Å². The Balaban J connectivity index is 1.68. The van der Waals surface area contributed by atoms with Gasteiger partial charge in [0.25, 0.3) is 10.0 Å². The summed E-state index contributed by atoms with van der Waals surface area (Å²) in [4.78, 5) is 14.0. The van der Waals surface area contributed by atoms with E-state index in [-0.39, 0.29) is 17.3 Å². The molecule has 0 saturated carbocycles. The number of rotatable bonds is 3. The van der Waals surface area contributed by atoms with Crippen LogP contribution in [0.25, 0.3) is 0 Å². The Hall–Kier alpha value is -3.32. The molecule has 3 aromatic rings. The quantitative estimate of drug-likeness (QED) is 0.694. The van der Waals surface area contributed by atoms with Crippen molar-refractivity contribution in [1.29, 1.82) is 0 Å². The summed E-state index contributed by atoms with van der Waals surface area (Å²) >= 11 is 0. The Morgan fingerprint density at radius 3 is 2.45 bits per heavy atom. The molecule has 0 atom stereocenters. The van der Waals surface area contributed by atoms with Gasteiger partial charge in [-0.3, -0.25) is 9.52 Å². The summed E-state index contributed by atoms with van der Waals surface area (Å²) in [7, 11) is -3.72. The van der Waals surface area contributed by atoms with Crippen LogP contribution < -0.4 is 14.4 Å². The second-order valence-electron chi connectivity index (χ2n) is 6.92. The van der Waals surface area contributed by atoms with E-state index >= 15 is 0 Å². The van der Waals surface area contributed by atoms with Gasteiger partial charge in [-0.1, -0.05) is 29.8 Å². The second-order valence-corrected chi connectivity index (χ2v) is 8.60. The number of sulfonamides is 1. The van der Waals surface area contributed by atoms with Crippen molar-refractivity contribution in [2.24, 2.45) is 0 Å². The van der Waals surface area contributed by atoms with E-state index in [9.17, 15) is 13.2 Å². The number of aryl methyl sites for hydroxylation is 1. The molecule has 6 nitrogen and oxygen atoms in total. The van der Waals surface area contributed by atoms with Gasteiger partial charge in [-0.15, -0.1) is 0 Å². The standard InChI is InChI=1S/C22H20N2O4S/c1-15-7-10-19(11-8-15)29(26,27)23-18-9-12-21-17(13-18)14-24(16(2)25)20-5-3-4-6-22(20)28-21/h3-13,23H,14H2,1-2H3. The van der Waals surface area contributed by atoms with E-state index in [1.807, 2.05) is 25.1 Å². The molecule has 1 aliphatic heterocycles.